The molecule has 1 saturated heterocycles. The van der Waals surface area contributed by atoms with Crippen LogP contribution in [0.1, 0.15) is 29.5 Å². The van der Waals surface area contributed by atoms with Gasteiger partial charge in [-0.3, -0.25) is 14.7 Å². The molecule has 2 aromatic carbocycles. The predicted molar refractivity (Wildman–Crippen MR) is 160 cm³/mol. The number of piperidine rings is 1. The molecule has 7 heteroatoms. The van der Waals surface area contributed by atoms with Crippen LogP contribution in [0.5, 0.6) is 5.75 Å². The van der Waals surface area contributed by atoms with Gasteiger partial charge in [0.25, 0.3) is 5.56 Å². The Bertz CT molecular complexity index is 1430. The molecule has 0 saturated carbocycles. The number of nitrogens with zero attached hydrogens (tertiary/aromatic N) is 4. The zero-order chi connectivity index (χ0) is 27.7. The predicted octanol–water partition coefficient (Wildman–Crippen LogP) is 4.80. The van der Waals surface area contributed by atoms with Crippen LogP contribution in [0.3, 0.4) is 0 Å². The number of rotatable bonds is 12. The maximum Gasteiger partial charge on any atom is 0.250 e. The Balaban J connectivity index is 1.13. The molecule has 1 fully saturated rings. The van der Waals surface area contributed by atoms with E-state index in [1.54, 1.807) is 23.9 Å². The smallest absolute Gasteiger partial charge is 0.250 e. The van der Waals surface area contributed by atoms with Gasteiger partial charge >= 0.3 is 0 Å². The van der Waals surface area contributed by atoms with Crippen molar-refractivity contribution in [3.63, 3.8) is 0 Å². The average molecular weight is 541 g/mol. The molecule has 3 heterocycles. The molecule has 0 aliphatic carbocycles. The van der Waals surface area contributed by atoms with E-state index >= 15 is 0 Å². The molecular formula is C33H40N4O3. The van der Waals surface area contributed by atoms with Crippen molar-refractivity contribution in [3.05, 3.63) is 106 Å². The Morgan fingerprint density at radius 3 is 2.65 bits per heavy atom. The number of likely N-dealkylation sites (tertiary alicyclic amines) is 1. The molecule has 0 bridgehead atoms. The zero-order valence-electron chi connectivity index (χ0n) is 23.7. The molecular weight excluding hydrogens is 500 g/mol. The van der Waals surface area contributed by atoms with Crippen LogP contribution in [0.25, 0.3) is 10.9 Å². The van der Waals surface area contributed by atoms with Crippen molar-refractivity contribution in [2.45, 2.75) is 39.0 Å². The van der Waals surface area contributed by atoms with Crippen LogP contribution in [-0.2, 0) is 24.9 Å². The Labute approximate surface area is 237 Å². The Morgan fingerprint density at radius 2 is 1.85 bits per heavy atom. The molecule has 1 aliphatic heterocycles. The fraction of sp³-hybridized carbons (Fsp3) is 0.394. The highest BCUT2D eigenvalue weighted by atomic mass is 16.5. The summed E-state index contributed by atoms with van der Waals surface area (Å²) >= 11 is 0. The highest BCUT2D eigenvalue weighted by Crippen LogP contribution is 2.20. The van der Waals surface area contributed by atoms with Crippen molar-refractivity contribution >= 4 is 10.9 Å². The summed E-state index contributed by atoms with van der Waals surface area (Å²) in [5.41, 5.74) is 4.71. The van der Waals surface area contributed by atoms with Crippen LogP contribution in [0.4, 0.5) is 0 Å². The van der Waals surface area contributed by atoms with Crippen LogP contribution in [0, 0.1) is 6.92 Å². The highest BCUT2D eigenvalue weighted by Gasteiger charge is 2.20. The molecule has 0 amide bonds. The van der Waals surface area contributed by atoms with Crippen molar-refractivity contribution in [2.75, 3.05) is 39.3 Å². The van der Waals surface area contributed by atoms with E-state index in [-0.39, 0.29) is 5.56 Å². The lowest BCUT2D eigenvalue weighted by molar-refractivity contribution is -0.00416. The largest absolute Gasteiger partial charge is 0.492 e. The van der Waals surface area contributed by atoms with Crippen LogP contribution < -0.4 is 10.3 Å². The van der Waals surface area contributed by atoms with E-state index in [0.29, 0.717) is 19.3 Å². The molecule has 0 radical (unpaired) electrons. The molecule has 5 rings (SSSR count). The van der Waals surface area contributed by atoms with E-state index in [1.165, 1.54) is 11.1 Å². The summed E-state index contributed by atoms with van der Waals surface area (Å²) in [7, 11) is 1.80. The first-order chi connectivity index (χ1) is 19.5. The summed E-state index contributed by atoms with van der Waals surface area (Å²) in [5, 5.41) is 1.00. The van der Waals surface area contributed by atoms with E-state index in [2.05, 4.69) is 52.0 Å². The normalized spacial score (nSPS) is 14.7. The fourth-order valence-electron chi connectivity index (χ4n) is 5.32. The molecule has 0 spiro atoms. The maximum atomic E-state index is 11.9. The molecule has 0 atom stereocenters. The minimum absolute atomic E-state index is 0.00509. The minimum Gasteiger partial charge on any atom is -0.492 e. The van der Waals surface area contributed by atoms with E-state index in [4.69, 9.17) is 9.47 Å². The van der Waals surface area contributed by atoms with Crippen molar-refractivity contribution in [1.82, 2.24) is 19.4 Å². The van der Waals surface area contributed by atoms with E-state index in [0.717, 1.165) is 74.3 Å². The third-order valence-corrected chi connectivity index (χ3v) is 7.90. The second-order valence-corrected chi connectivity index (χ2v) is 10.7. The lowest BCUT2D eigenvalue weighted by atomic mass is 10.1. The van der Waals surface area contributed by atoms with Gasteiger partial charge in [0.15, 0.2) is 0 Å². The van der Waals surface area contributed by atoms with Crippen LogP contribution in [0.2, 0.25) is 0 Å². The molecule has 210 valence electrons. The Kier molecular flexibility index (Phi) is 9.60. The van der Waals surface area contributed by atoms with Gasteiger partial charge in [-0.2, -0.15) is 0 Å². The quantitative estimate of drug-likeness (QED) is 0.257. The SMILES string of the molecule is Cc1ccccc1CN(CCOc1ccc2c(ccc(=O)n2C)c1)CCN1CCC(OCc2cccnc2)CC1. The van der Waals surface area contributed by atoms with Crippen LogP contribution in [0.15, 0.2) is 83.9 Å². The van der Waals surface area contributed by atoms with Crippen molar-refractivity contribution < 1.29 is 9.47 Å². The number of ether oxygens (including phenoxy) is 2. The number of aromatic nitrogens is 2. The number of aryl methyl sites for hydroxylation is 2. The highest BCUT2D eigenvalue weighted by molar-refractivity contribution is 5.80. The van der Waals surface area contributed by atoms with Gasteiger partial charge in [0.05, 0.1) is 18.2 Å². The third-order valence-electron chi connectivity index (χ3n) is 7.90. The fourth-order valence-corrected chi connectivity index (χ4v) is 5.32. The van der Waals surface area contributed by atoms with Gasteiger partial charge in [-0.25, -0.2) is 0 Å². The van der Waals surface area contributed by atoms with E-state index in [9.17, 15) is 4.79 Å². The molecule has 1 aliphatic rings. The molecule has 0 unspecified atom stereocenters. The minimum atomic E-state index is -0.00509. The van der Waals surface area contributed by atoms with Gasteiger partial charge in [0.1, 0.15) is 12.4 Å². The van der Waals surface area contributed by atoms with Gasteiger partial charge < -0.3 is 18.9 Å². The lowest BCUT2D eigenvalue weighted by Crippen LogP contribution is -2.42. The maximum absolute atomic E-state index is 11.9. The summed E-state index contributed by atoms with van der Waals surface area (Å²) in [5.74, 6) is 0.829. The van der Waals surface area contributed by atoms with Gasteiger partial charge in [-0.1, -0.05) is 30.3 Å². The summed E-state index contributed by atoms with van der Waals surface area (Å²) in [6.07, 6.45) is 6.12. The van der Waals surface area contributed by atoms with Gasteiger partial charge in [0.2, 0.25) is 0 Å². The Morgan fingerprint density at radius 1 is 1.00 bits per heavy atom. The van der Waals surface area contributed by atoms with E-state index in [1.807, 2.05) is 36.5 Å². The first-order valence-electron chi connectivity index (χ1n) is 14.3. The zero-order valence-corrected chi connectivity index (χ0v) is 23.7. The van der Waals surface area contributed by atoms with Crippen molar-refractivity contribution in [1.29, 1.82) is 0 Å². The van der Waals surface area contributed by atoms with Crippen LogP contribution >= 0.6 is 0 Å². The second kappa shape index (κ2) is 13.7. The molecule has 7 nitrogen and oxygen atoms in total. The summed E-state index contributed by atoms with van der Waals surface area (Å²) in [6.45, 7) is 9.31. The average Bonchev–Trinajstić information content (AvgIpc) is 2.99. The van der Waals surface area contributed by atoms with Gasteiger partial charge in [-0.15, -0.1) is 0 Å². The van der Waals surface area contributed by atoms with Crippen molar-refractivity contribution in [3.8, 4) is 5.75 Å². The standard InChI is InChI=1S/C33H40N4O3/c1-26-6-3-4-8-29(26)24-37(20-21-39-31-10-11-32-28(22-31)9-12-33(38)35(32)2)19-18-36-16-13-30(14-17-36)40-25-27-7-5-15-34-23-27/h3-12,15,22-23,30H,13-14,16-21,24-25H2,1-2H3. The summed E-state index contributed by atoms with van der Waals surface area (Å²) < 4.78 is 14.0. The third kappa shape index (κ3) is 7.56. The van der Waals surface area contributed by atoms with E-state index < -0.39 is 0 Å². The van der Waals surface area contributed by atoms with Crippen molar-refractivity contribution in [2.24, 2.45) is 7.05 Å². The number of hydrogen-bond acceptors (Lipinski definition) is 6. The summed E-state index contributed by atoms with van der Waals surface area (Å²) in [4.78, 5) is 21.2. The summed E-state index contributed by atoms with van der Waals surface area (Å²) in [6, 6.07) is 22.0. The molecule has 0 N–H and O–H groups in total. The lowest BCUT2D eigenvalue weighted by Gasteiger charge is -2.33. The number of benzene rings is 2. The molecule has 40 heavy (non-hydrogen) atoms. The first kappa shape index (κ1) is 28.0. The molecule has 4 aromatic rings. The number of pyridine rings is 2. The molecule has 2 aromatic heterocycles. The first-order valence-corrected chi connectivity index (χ1v) is 14.3. The topological polar surface area (TPSA) is 59.8 Å². The second-order valence-electron chi connectivity index (χ2n) is 10.7. The monoisotopic (exact) mass is 540 g/mol. The number of hydrogen-bond donors (Lipinski definition) is 0. The van der Waals surface area contributed by atoms with Gasteiger partial charge in [-0.05, 0) is 66.8 Å². The van der Waals surface area contributed by atoms with Gasteiger partial charge in [0, 0.05) is 70.2 Å². The number of fused-ring (bicyclic) bond motifs is 1. The Hall–Kier alpha value is -3.52. The van der Waals surface area contributed by atoms with Crippen LogP contribution in [-0.4, -0.2) is 64.8 Å².